The lowest BCUT2D eigenvalue weighted by atomic mass is 10.1. The average molecular weight is 232 g/mol. The van der Waals surface area contributed by atoms with Crippen molar-refractivity contribution < 1.29 is 9.63 Å². The molecule has 90 valence electrons. The maximum Gasteiger partial charge on any atom is 0.274 e. The summed E-state index contributed by atoms with van der Waals surface area (Å²) in [7, 11) is 0. The maximum absolute atomic E-state index is 11.8. The molecule has 1 amide bonds. The third-order valence-electron chi connectivity index (χ3n) is 2.27. The molecule has 0 aliphatic heterocycles. The minimum atomic E-state index is -0.397. The van der Waals surface area contributed by atoms with Gasteiger partial charge in [-0.3, -0.25) is 9.63 Å². The van der Waals surface area contributed by atoms with Crippen molar-refractivity contribution in [1.82, 2.24) is 10.5 Å². The van der Waals surface area contributed by atoms with E-state index >= 15 is 0 Å². The van der Waals surface area contributed by atoms with Crippen LogP contribution in [0.2, 0.25) is 0 Å². The molecule has 0 aliphatic rings. The van der Waals surface area contributed by atoms with Crippen molar-refractivity contribution in [3.05, 3.63) is 36.0 Å². The summed E-state index contributed by atoms with van der Waals surface area (Å²) >= 11 is 0. The maximum atomic E-state index is 11.8. The van der Waals surface area contributed by atoms with Gasteiger partial charge in [-0.2, -0.15) is 0 Å². The van der Waals surface area contributed by atoms with E-state index in [1.54, 1.807) is 12.1 Å². The SMILES string of the molecule is CC(C)(C)ONC(=O)c1ccc2cc[nH]c2c1. The number of fused-ring (bicyclic) bond motifs is 1. The molecule has 2 aromatic rings. The Morgan fingerprint density at radius 3 is 2.76 bits per heavy atom. The quantitative estimate of drug-likeness (QED) is 0.782. The first kappa shape index (κ1) is 11.7. The number of aromatic amines is 1. The summed E-state index contributed by atoms with van der Waals surface area (Å²) in [5, 5.41) is 1.08. The lowest BCUT2D eigenvalue weighted by molar-refractivity contribution is -0.0589. The molecule has 1 heterocycles. The number of benzene rings is 1. The van der Waals surface area contributed by atoms with Gasteiger partial charge in [-0.15, -0.1) is 0 Å². The Morgan fingerprint density at radius 1 is 1.29 bits per heavy atom. The van der Waals surface area contributed by atoms with Crippen LogP contribution in [-0.4, -0.2) is 16.5 Å². The standard InChI is InChI=1S/C13H16N2O2/c1-13(2,3)17-15-12(16)10-5-4-9-6-7-14-11(9)8-10/h4-8,14H,1-3H3,(H,15,16). The number of amides is 1. The predicted molar refractivity (Wildman–Crippen MR) is 66.6 cm³/mol. The van der Waals surface area contributed by atoms with Crippen molar-refractivity contribution in [2.24, 2.45) is 0 Å². The third kappa shape index (κ3) is 2.85. The van der Waals surface area contributed by atoms with Crippen molar-refractivity contribution in [3.8, 4) is 0 Å². The Bertz CT molecular complexity index is 538. The minimum absolute atomic E-state index is 0.239. The van der Waals surface area contributed by atoms with Gasteiger partial charge < -0.3 is 4.98 Å². The summed E-state index contributed by atoms with van der Waals surface area (Å²) < 4.78 is 0. The Morgan fingerprint density at radius 2 is 2.06 bits per heavy atom. The largest absolute Gasteiger partial charge is 0.361 e. The van der Waals surface area contributed by atoms with Crippen LogP contribution in [0.3, 0.4) is 0 Å². The zero-order valence-electron chi connectivity index (χ0n) is 10.2. The monoisotopic (exact) mass is 232 g/mol. The second kappa shape index (κ2) is 4.22. The van der Waals surface area contributed by atoms with Gasteiger partial charge in [0.05, 0.1) is 5.60 Å². The van der Waals surface area contributed by atoms with Crippen LogP contribution in [0.25, 0.3) is 10.9 Å². The zero-order valence-corrected chi connectivity index (χ0v) is 10.2. The Labute approximate surface area is 99.9 Å². The Kier molecular flexibility index (Phi) is 2.90. The van der Waals surface area contributed by atoms with E-state index in [0.717, 1.165) is 10.9 Å². The lowest BCUT2D eigenvalue weighted by Gasteiger charge is -2.18. The van der Waals surface area contributed by atoms with Crippen molar-refractivity contribution in [2.45, 2.75) is 26.4 Å². The van der Waals surface area contributed by atoms with Gasteiger partial charge in [0.25, 0.3) is 5.91 Å². The number of hydrogen-bond acceptors (Lipinski definition) is 2. The fourth-order valence-electron chi connectivity index (χ4n) is 1.45. The van der Waals surface area contributed by atoms with E-state index < -0.39 is 5.60 Å². The number of aromatic nitrogens is 1. The minimum Gasteiger partial charge on any atom is -0.361 e. The molecule has 0 atom stereocenters. The van der Waals surface area contributed by atoms with Gasteiger partial charge in [-0.05, 0) is 44.4 Å². The first-order valence-electron chi connectivity index (χ1n) is 5.51. The summed E-state index contributed by atoms with van der Waals surface area (Å²) in [6, 6.07) is 7.44. The number of nitrogens with one attached hydrogen (secondary N) is 2. The number of carbonyl (C=O) groups is 1. The number of hydrogen-bond donors (Lipinski definition) is 2. The number of carbonyl (C=O) groups excluding carboxylic acids is 1. The molecule has 0 saturated carbocycles. The van der Waals surface area contributed by atoms with Crippen LogP contribution in [0.1, 0.15) is 31.1 Å². The highest BCUT2D eigenvalue weighted by atomic mass is 16.7. The molecule has 1 aromatic carbocycles. The third-order valence-corrected chi connectivity index (χ3v) is 2.27. The van der Waals surface area contributed by atoms with Crippen LogP contribution in [0.4, 0.5) is 0 Å². The topological polar surface area (TPSA) is 54.1 Å². The molecule has 4 heteroatoms. The lowest BCUT2D eigenvalue weighted by Crippen LogP contribution is -2.33. The number of H-pyrrole nitrogens is 1. The molecular weight excluding hydrogens is 216 g/mol. The fourth-order valence-corrected chi connectivity index (χ4v) is 1.45. The van der Waals surface area contributed by atoms with E-state index in [1.807, 2.05) is 39.1 Å². The molecule has 0 saturated heterocycles. The van der Waals surface area contributed by atoms with Gasteiger partial charge in [0.1, 0.15) is 0 Å². The number of hydroxylamine groups is 1. The summed E-state index contributed by atoms with van der Waals surface area (Å²) in [4.78, 5) is 20.1. The second-order valence-electron chi connectivity index (χ2n) is 4.93. The van der Waals surface area contributed by atoms with Crippen LogP contribution in [0.15, 0.2) is 30.5 Å². The molecular formula is C13H16N2O2. The van der Waals surface area contributed by atoms with Crippen LogP contribution in [0.5, 0.6) is 0 Å². The van der Waals surface area contributed by atoms with E-state index in [9.17, 15) is 4.79 Å². The molecule has 2 N–H and O–H groups in total. The highest BCUT2D eigenvalue weighted by Gasteiger charge is 2.14. The highest BCUT2D eigenvalue weighted by Crippen LogP contribution is 2.14. The van der Waals surface area contributed by atoms with Crippen molar-refractivity contribution in [1.29, 1.82) is 0 Å². The van der Waals surface area contributed by atoms with Crippen LogP contribution in [-0.2, 0) is 4.84 Å². The van der Waals surface area contributed by atoms with E-state index in [1.165, 1.54) is 0 Å². The van der Waals surface area contributed by atoms with Gasteiger partial charge in [0.15, 0.2) is 0 Å². The molecule has 2 rings (SSSR count). The highest BCUT2D eigenvalue weighted by molar-refractivity contribution is 5.97. The molecule has 0 radical (unpaired) electrons. The van der Waals surface area contributed by atoms with Gasteiger partial charge in [-0.25, -0.2) is 5.48 Å². The predicted octanol–water partition coefficient (Wildman–Crippen LogP) is 2.63. The molecule has 0 unspecified atom stereocenters. The Balaban J connectivity index is 2.13. The second-order valence-corrected chi connectivity index (χ2v) is 4.93. The van der Waals surface area contributed by atoms with E-state index in [4.69, 9.17) is 4.84 Å². The smallest absolute Gasteiger partial charge is 0.274 e. The molecule has 0 spiro atoms. The van der Waals surface area contributed by atoms with Crippen LogP contribution < -0.4 is 5.48 Å². The molecule has 1 aromatic heterocycles. The summed E-state index contributed by atoms with van der Waals surface area (Å²) in [5.74, 6) is -0.239. The number of rotatable bonds is 2. The van der Waals surface area contributed by atoms with Crippen LogP contribution in [0, 0.1) is 0 Å². The van der Waals surface area contributed by atoms with Crippen LogP contribution >= 0.6 is 0 Å². The van der Waals surface area contributed by atoms with Crippen molar-refractivity contribution >= 4 is 16.8 Å². The van der Waals surface area contributed by atoms with E-state index in [2.05, 4.69) is 10.5 Å². The van der Waals surface area contributed by atoms with Gasteiger partial charge in [0.2, 0.25) is 0 Å². The first-order valence-corrected chi connectivity index (χ1v) is 5.51. The normalized spacial score (nSPS) is 11.7. The molecule has 0 aliphatic carbocycles. The molecule has 4 nitrogen and oxygen atoms in total. The van der Waals surface area contributed by atoms with Crippen molar-refractivity contribution in [2.75, 3.05) is 0 Å². The summed E-state index contributed by atoms with van der Waals surface area (Å²) in [6.07, 6.45) is 1.85. The average Bonchev–Trinajstić information content (AvgIpc) is 2.71. The first-order chi connectivity index (χ1) is 7.96. The molecule has 17 heavy (non-hydrogen) atoms. The van der Waals surface area contributed by atoms with Crippen molar-refractivity contribution in [3.63, 3.8) is 0 Å². The Hall–Kier alpha value is -1.81. The fraction of sp³-hybridized carbons (Fsp3) is 0.308. The summed E-state index contributed by atoms with van der Waals surface area (Å²) in [5.41, 5.74) is 3.56. The molecule has 0 bridgehead atoms. The van der Waals surface area contributed by atoms with Gasteiger partial charge in [-0.1, -0.05) is 6.07 Å². The van der Waals surface area contributed by atoms with E-state index in [-0.39, 0.29) is 5.91 Å². The summed E-state index contributed by atoms with van der Waals surface area (Å²) in [6.45, 7) is 5.63. The van der Waals surface area contributed by atoms with Gasteiger partial charge in [0, 0.05) is 17.3 Å². The van der Waals surface area contributed by atoms with Gasteiger partial charge >= 0.3 is 0 Å². The zero-order chi connectivity index (χ0) is 12.5. The van der Waals surface area contributed by atoms with E-state index in [0.29, 0.717) is 5.56 Å². The molecule has 0 fully saturated rings.